The van der Waals surface area contributed by atoms with Gasteiger partial charge in [0, 0.05) is 24.6 Å². The van der Waals surface area contributed by atoms with Crippen LogP contribution in [0.4, 0.5) is 4.39 Å². The minimum absolute atomic E-state index is 0.274. The Morgan fingerprint density at radius 3 is 2.90 bits per heavy atom. The second-order valence-corrected chi connectivity index (χ2v) is 5.56. The molecule has 0 aliphatic carbocycles. The largest absolute Gasteiger partial charge is 0.440 e. The van der Waals surface area contributed by atoms with Crippen LogP contribution < -0.4 is 5.73 Å². The van der Waals surface area contributed by atoms with Crippen LogP contribution in [0.25, 0.3) is 11.1 Å². The van der Waals surface area contributed by atoms with E-state index in [1.807, 2.05) is 0 Å². The zero-order valence-electron chi connectivity index (χ0n) is 11.7. The Kier molecular flexibility index (Phi) is 3.72. The summed E-state index contributed by atoms with van der Waals surface area (Å²) in [6.45, 7) is 4.86. The predicted octanol–water partition coefficient (Wildman–Crippen LogP) is 2.49. The minimum Gasteiger partial charge on any atom is -0.440 e. The molecule has 2 heterocycles. The van der Waals surface area contributed by atoms with Crippen LogP contribution in [-0.2, 0) is 0 Å². The molecule has 0 spiro atoms. The molecule has 1 atom stereocenters. The maximum absolute atomic E-state index is 13.2. The molecule has 3 rings (SSSR count). The van der Waals surface area contributed by atoms with Crippen molar-refractivity contribution in [2.24, 2.45) is 5.73 Å². The van der Waals surface area contributed by atoms with Gasteiger partial charge in [-0.1, -0.05) is 0 Å². The van der Waals surface area contributed by atoms with Crippen molar-refractivity contribution in [3.63, 3.8) is 0 Å². The molecule has 5 heteroatoms. The van der Waals surface area contributed by atoms with Crippen LogP contribution in [-0.4, -0.2) is 35.6 Å². The highest BCUT2D eigenvalue weighted by Crippen LogP contribution is 2.30. The van der Waals surface area contributed by atoms with Crippen molar-refractivity contribution in [3.8, 4) is 0 Å². The van der Waals surface area contributed by atoms with Crippen molar-refractivity contribution in [1.29, 1.82) is 0 Å². The van der Waals surface area contributed by atoms with Gasteiger partial charge in [0.15, 0.2) is 11.5 Å². The summed E-state index contributed by atoms with van der Waals surface area (Å²) in [4.78, 5) is 6.84. The third kappa shape index (κ3) is 2.55. The zero-order valence-corrected chi connectivity index (χ0v) is 11.7. The lowest BCUT2D eigenvalue weighted by Crippen LogP contribution is -2.43. The van der Waals surface area contributed by atoms with Gasteiger partial charge in [0.2, 0.25) is 0 Å². The average molecular weight is 277 g/mol. The molecule has 1 fully saturated rings. The van der Waals surface area contributed by atoms with Crippen LogP contribution in [0.2, 0.25) is 0 Å². The number of likely N-dealkylation sites (tertiary alicyclic amines) is 1. The first-order valence-corrected chi connectivity index (χ1v) is 7.17. The van der Waals surface area contributed by atoms with E-state index in [1.165, 1.54) is 12.1 Å². The van der Waals surface area contributed by atoms with Gasteiger partial charge in [-0.15, -0.1) is 0 Å². The van der Waals surface area contributed by atoms with E-state index in [1.54, 1.807) is 6.07 Å². The summed E-state index contributed by atoms with van der Waals surface area (Å²) >= 11 is 0. The topological polar surface area (TPSA) is 55.3 Å². The van der Waals surface area contributed by atoms with E-state index in [9.17, 15) is 4.39 Å². The molecule has 1 saturated heterocycles. The van der Waals surface area contributed by atoms with Gasteiger partial charge >= 0.3 is 0 Å². The van der Waals surface area contributed by atoms with E-state index < -0.39 is 0 Å². The monoisotopic (exact) mass is 277 g/mol. The molecule has 4 nitrogen and oxygen atoms in total. The Balaban J connectivity index is 1.73. The number of nitrogens with zero attached hydrogens (tertiary/aromatic N) is 2. The molecule has 0 radical (unpaired) electrons. The molecule has 0 saturated carbocycles. The predicted molar refractivity (Wildman–Crippen MR) is 76.0 cm³/mol. The Labute approximate surface area is 117 Å². The van der Waals surface area contributed by atoms with Crippen LogP contribution >= 0.6 is 0 Å². The van der Waals surface area contributed by atoms with Crippen LogP contribution in [0.1, 0.15) is 31.6 Å². The summed E-state index contributed by atoms with van der Waals surface area (Å²) in [5.41, 5.74) is 6.98. The highest BCUT2D eigenvalue weighted by Gasteiger charge is 2.26. The molecule has 1 unspecified atom stereocenters. The van der Waals surface area contributed by atoms with Crippen molar-refractivity contribution in [1.82, 2.24) is 9.88 Å². The number of halogens is 1. The van der Waals surface area contributed by atoms with Gasteiger partial charge < -0.3 is 10.2 Å². The summed E-state index contributed by atoms with van der Waals surface area (Å²) in [5.74, 6) is 0.793. The van der Waals surface area contributed by atoms with Gasteiger partial charge in [-0.2, -0.15) is 0 Å². The standard InChI is InChI=1S/C15H20FN3O/c1-10(9-17)19-6-4-11(5-7-19)15-18-13-8-12(16)2-3-14(13)20-15/h2-3,8,10-11H,4-7,9,17H2,1H3. The third-order valence-corrected chi connectivity index (χ3v) is 4.21. The number of benzene rings is 1. The van der Waals surface area contributed by atoms with Crippen molar-refractivity contribution < 1.29 is 8.81 Å². The fourth-order valence-corrected chi connectivity index (χ4v) is 2.83. The van der Waals surface area contributed by atoms with E-state index in [-0.39, 0.29) is 5.82 Å². The van der Waals surface area contributed by atoms with Crippen LogP contribution in [0.5, 0.6) is 0 Å². The Morgan fingerprint density at radius 1 is 1.45 bits per heavy atom. The highest BCUT2D eigenvalue weighted by molar-refractivity contribution is 5.72. The van der Waals surface area contributed by atoms with Gasteiger partial charge in [0.1, 0.15) is 11.3 Å². The number of oxazole rings is 1. The molecular formula is C15H20FN3O. The Bertz CT molecular complexity index is 590. The Morgan fingerprint density at radius 2 is 2.20 bits per heavy atom. The van der Waals surface area contributed by atoms with Crippen LogP contribution in [0, 0.1) is 5.82 Å². The highest BCUT2D eigenvalue weighted by atomic mass is 19.1. The van der Waals surface area contributed by atoms with Crippen molar-refractivity contribution in [3.05, 3.63) is 29.9 Å². The summed E-state index contributed by atoms with van der Waals surface area (Å²) in [5, 5.41) is 0. The lowest BCUT2D eigenvalue weighted by molar-refractivity contribution is 0.158. The quantitative estimate of drug-likeness (QED) is 0.936. The van der Waals surface area contributed by atoms with Crippen LogP contribution in [0.3, 0.4) is 0 Å². The molecular weight excluding hydrogens is 257 g/mol. The molecule has 1 aliphatic heterocycles. The number of rotatable bonds is 3. The van der Waals surface area contributed by atoms with Gasteiger partial charge in [-0.3, -0.25) is 4.90 Å². The Hall–Kier alpha value is -1.46. The summed E-state index contributed by atoms with van der Waals surface area (Å²) in [6, 6.07) is 4.90. The number of nitrogens with two attached hydrogens (primary N) is 1. The first-order chi connectivity index (χ1) is 9.67. The number of piperidine rings is 1. The SMILES string of the molecule is CC(CN)N1CCC(c2nc3cc(F)ccc3o2)CC1. The molecule has 0 amide bonds. The van der Waals surface area contributed by atoms with E-state index in [0.717, 1.165) is 31.8 Å². The van der Waals surface area contributed by atoms with E-state index in [2.05, 4.69) is 16.8 Å². The molecule has 1 aromatic carbocycles. The van der Waals surface area contributed by atoms with Crippen LogP contribution in [0.15, 0.2) is 22.6 Å². The molecule has 2 aromatic rings. The fraction of sp³-hybridized carbons (Fsp3) is 0.533. The van der Waals surface area contributed by atoms with Gasteiger partial charge in [-0.05, 0) is 45.0 Å². The first kappa shape index (κ1) is 13.5. The maximum atomic E-state index is 13.2. The third-order valence-electron chi connectivity index (χ3n) is 4.21. The zero-order chi connectivity index (χ0) is 14.1. The number of aromatic nitrogens is 1. The fourth-order valence-electron chi connectivity index (χ4n) is 2.83. The molecule has 1 aliphatic rings. The number of hydrogen-bond donors (Lipinski definition) is 1. The maximum Gasteiger partial charge on any atom is 0.198 e. The van der Waals surface area contributed by atoms with Crippen molar-refractivity contribution in [2.75, 3.05) is 19.6 Å². The lowest BCUT2D eigenvalue weighted by Gasteiger charge is -2.34. The molecule has 20 heavy (non-hydrogen) atoms. The first-order valence-electron chi connectivity index (χ1n) is 7.17. The van der Waals surface area contributed by atoms with E-state index in [4.69, 9.17) is 10.2 Å². The minimum atomic E-state index is -0.274. The molecule has 0 bridgehead atoms. The lowest BCUT2D eigenvalue weighted by atomic mass is 9.96. The van der Waals surface area contributed by atoms with Gasteiger partial charge in [0.25, 0.3) is 0 Å². The summed E-state index contributed by atoms with van der Waals surface area (Å²) in [6.07, 6.45) is 2.03. The number of hydrogen-bond acceptors (Lipinski definition) is 4. The van der Waals surface area contributed by atoms with E-state index >= 15 is 0 Å². The number of fused-ring (bicyclic) bond motifs is 1. The molecule has 1 aromatic heterocycles. The molecule has 108 valence electrons. The van der Waals surface area contributed by atoms with Gasteiger partial charge in [-0.25, -0.2) is 9.37 Å². The van der Waals surface area contributed by atoms with Gasteiger partial charge in [0.05, 0.1) is 0 Å². The average Bonchev–Trinajstić information content (AvgIpc) is 2.89. The summed E-state index contributed by atoms with van der Waals surface area (Å²) < 4.78 is 18.9. The normalized spacial score (nSPS) is 19.6. The van der Waals surface area contributed by atoms with Crippen molar-refractivity contribution in [2.45, 2.75) is 31.7 Å². The summed E-state index contributed by atoms with van der Waals surface area (Å²) in [7, 11) is 0. The van der Waals surface area contributed by atoms with Crippen molar-refractivity contribution >= 4 is 11.1 Å². The molecule has 2 N–H and O–H groups in total. The second kappa shape index (κ2) is 5.50. The second-order valence-electron chi connectivity index (χ2n) is 5.56. The van der Waals surface area contributed by atoms with E-state index in [0.29, 0.717) is 29.6 Å². The smallest absolute Gasteiger partial charge is 0.198 e.